The average Bonchev–Trinajstić information content (AvgIpc) is 2.34. The highest BCUT2D eigenvalue weighted by atomic mass is 79.9. The Balaban J connectivity index is 2.42. The Labute approximate surface area is 119 Å². The minimum Gasteiger partial charge on any atom is -0.437 e. The van der Waals surface area contributed by atoms with Crippen LogP contribution >= 0.6 is 27.5 Å². The third kappa shape index (κ3) is 3.16. The molecule has 0 saturated heterocycles. The molecular weight excluding hydrogens is 348 g/mol. The van der Waals surface area contributed by atoms with Crippen molar-refractivity contribution in [3.05, 3.63) is 45.8 Å². The number of alkyl halides is 3. The van der Waals surface area contributed by atoms with Crippen molar-refractivity contribution in [2.24, 2.45) is 0 Å². The lowest BCUT2D eigenvalue weighted by Gasteiger charge is -2.13. The Morgan fingerprint density at radius 1 is 1.16 bits per heavy atom. The standard InChI is InChI=1S/C11H5BrClF3N2O/c12-8-9(13)17-5-18-10(8)19-7-4-2-1-3-6(7)11(14,15)16/h1-5H. The molecule has 0 aliphatic rings. The summed E-state index contributed by atoms with van der Waals surface area (Å²) < 4.78 is 43.7. The number of aromatic nitrogens is 2. The Bertz CT molecular complexity index is 607. The van der Waals surface area contributed by atoms with Crippen molar-refractivity contribution in [1.29, 1.82) is 0 Å². The number of hydrogen-bond donors (Lipinski definition) is 0. The van der Waals surface area contributed by atoms with E-state index < -0.39 is 11.7 Å². The Morgan fingerprint density at radius 3 is 2.53 bits per heavy atom. The molecule has 0 bridgehead atoms. The molecule has 2 aromatic rings. The summed E-state index contributed by atoms with van der Waals surface area (Å²) in [7, 11) is 0. The fraction of sp³-hybridized carbons (Fsp3) is 0.0909. The van der Waals surface area contributed by atoms with Crippen LogP contribution < -0.4 is 4.74 Å². The van der Waals surface area contributed by atoms with Gasteiger partial charge in [0.15, 0.2) is 5.15 Å². The summed E-state index contributed by atoms with van der Waals surface area (Å²) in [5.41, 5.74) is -0.892. The monoisotopic (exact) mass is 352 g/mol. The van der Waals surface area contributed by atoms with E-state index >= 15 is 0 Å². The zero-order valence-corrected chi connectivity index (χ0v) is 11.4. The van der Waals surface area contributed by atoms with Crippen LogP contribution in [0, 0.1) is 0 Å². The predicted molar refractivity (Wildman–Crippen MR) is 66.3 cm³/mol. The van der Waals surface area contributed by atoms with Crippen molar-refractivity contribution in [3.63, 3.8) is 0 Å². The van der Waals surface area contributed by atoms with Crippen LogP contribution in [-0.4, -0.2) is 9.97 Å². The van der Waals surface area contributed by atoms with Crippen LogP contribution in [0.25, 0.3) is 0 Å². The molecular formula is C11H5BrClF3N2O. The van der Waals surface area contributed by atoms with E-state index in [0.29, 0.717) is 0 Å². The van der Waals surface area contributed by atoms with Gasteiger partial charge in [0.2, 0.25) is 5.88 Å². The zero-order chi connectivity index (χ0) is 14.0. The van der Waals surface area contributed by atoms with Crippen molar-refractivity contribution in [2.75, 3.05) is 0 Å². The van der Waals surface area contributed by atoms with E-state index in [1.165, 1.54) is 18.2 Å². The lowest BCUT2D eigenvalue weighted by Crippen LogP contribution is -2.07. The molecule has 0 saturated carbocycles. The Kier molecular flexibility index (Phi) is 3.96. The van der Waals surface area contributed by atoms with E-state index in [1.807, 2.05) is 0 Å². The van der Waals surface area contributed by atoms with Gasteiger partial charge in [-0.2, -0.15) is 13.2 Å². The van der Waals surface area contributed by atoms with Crippen molar-refractivity contribution in [3.8, 4) is 11.6 Å². The number of ether oxygens (including phenoxy) is 1. The molecule has 0 spiro atoms. The van der Waals surface area contributed by atoms with E-state index in [4.69, 9.17) is 16.3 Å². The van der Waals surface area contributed by atoms with Gasteiger partial charge in [0.05, 0.1) is 5.56 Å². The highest BCUT2D eigenvalue weighted by Gasteiger charge is 2.34. The minimum atomic E-state index is -4.51. The smallest absolute Gasteiger partial charge is 0.419 e. The van der Waals surface area contributed by atoms with Gasteiger partial charge in [-0.25, -0.2) is 9.97 Å². The molecule has 8 heteroatoms. The number of rotatable bonds is 2. The van der Waals surface area contributed by atoms with Crippen LogP contribution in [0.3, 0.4) is 0 Å². The first-order valence-electron chi connectivity index (χ1n) is 4.89. The molecule has 1 aromatic carbocycles. The molecule has 0 N–H and O–H groups in total. The molecule has 0 aliphatic heterocycles. The van der Waals surface area contributed by atoms with Crippen molar-refractivity contribution < 1.29 is 17.9 Å². The van der Waals surface area contributed by atoms with E-state index in [2.05, 4.69) is 25.9 Å². The van der Waals surface area contributed by atoms with Crippen molar-refractivity contribution >= 4 is 27.5 Å². The van der Waals surface area contributed by atoms with Gasteiger partial charge >= 0.3 is 6.18 Å². The first-order chi connectivity index (χ1) is 8.89. The van der Waals surface area contributed by atoms with Crippen LogP contribution in [0.1, 0.15) is 5.56 Å². The van der Waals surface area contributed by atoms with Crippen LogP contribution in [0.5, 0.6) is 11.6 Å². The summed E-state index contributed by atoms with van der Waals surface area (Å²) in [5.74, 6) is -0.442. The maximum atomic E-state index is 12.8. The van der Waals surface area contributed by atoms with Gasteiger partial charge in [-0.15, -0.1) is 0 Å². The largest absolute Gasteiger partial charge is 0.437 e. The minimum absolute atomic E-state index is 0.0505. The number of halogens is 5. The lowest BCUT2D eigenvalue weighted by atomic mass is 10.2. The number of para-hydroxylation sites is 1. The fourth-order valence-corrected chi connectivity index (χ4v) is 1.71. The van der Waals surface area contributed by atoms with Gasteiger partial charge in [0.25, 0.3) is 0 Å². The molecule has 1 heterocycles. The van der Waals surface area contributed by atoms with E-state index in [-0.39, 0.29) is 21.3 Å². The topological polar surface area (TPSA) is 35.0 Å². The number of nitrogens with zero attached hydrogens (tertiary/aromatic N) is 2. The first-order valence-corrected chi connectivity index (χ1v) is 6.07. The maximum Gasteiger partial charge on any atom is 0.419 e. The fourth-order valence-electron chi connectivity index (χ4n) is 1.30. The molecule has 0 fully saturated rings. The lowest BCUT2D eigenvalue weighted by molar-refractivity contribution is -0.138. The highest BCUT2D eigenvalue weighted by molar-refractivity contribution is 9.10. The summed E-state index contributed by atoms with van der Waals surface area (Å²) >= 11 is 8.76. The van der Waals surface area contributed by atoms with Gasteiger partial charge in [-0.3, -0.25) is 0 Å². The molecule has 100 valence electrons. The van der Waals surface area contributed by atoms with Crippen LogP contribution in [0.15, 0.2) is 35.1 Å². The van der Waals surface area contributed by atoms with E-state index in [1.54, 1.807) is 0 Å². The van der Waals surface area contributed by atoms with Crippen LogP contribution in [0.4, 0.5) is 13.2 Å². The second kappa shape index (κ2) is 5.34. The third-order valence-electron chi connectivity index (χ3n) is 2.11. The molecule has 2 rings (SSSR count). The Hall–Kier alpha value is -1.34. The van der Waals surface area contributed by atoms with Crippen molar-refractivity contribution in [2.45, 2.75) is 6.18 Å². The Morgan fingerprint density at radius 2 is 1.84 bits per heavy atom. The van der Waals surface area contributed by atoms with Gasteiger partial charge in [0.1, 0.15) is 16.5 Å². The average molecular weight is 354 g/mol. The quantitative estimate of drug-likeness (QED) is 0.734. The molecule has 1 aromatic heterocycles. The summed E-state index contributed by atoms with van der Waals surface area (Å²) in [6, 6.07) is 4.83. The molecule has 0 amide bonds. The molecule has 0 atom stereocenters. The second-order valence-electron chi connectivity index (χ2n) is 3.38. The van der Waals surface area contributed by atoms with Crippen molar-refractivity contribution in [1.82, 2.24) is 9.97 Å². The maximum absolute atomic E-state index is 12.8. The van der Waals surface area contributed by atoms with E-state index in [9.17, 15) is 13.2 Å². The normalized spacial score (nSPS) is 11.4. The summed E-state index contributed by atoms with van der Waals surface area (Å²) in [4.78, 5) is 7.38. The molecule has 3 nitrogen and oxygen atoms in total. The third-order valence-corrected chi connectivity index (χ3v) is 3.34. The SMILES string of the molecule is FC(F)(F)c1ccccc1Oc1ncnc(Cl)c1Br. The van der Waals surface area contributed by atoms with Crippen LogP contribution in [-0.2, 0) is 6.18 Å². The van der Waals surface area contributed by atoms with Gasteiger partial charge in [0, 0.05) is 0 Å². The molecule has 0 aliphatic carbocycles. The van der Waals surface area contributed by atoms with Gasteiger partial charge in [-0.1, -0.05) is 23.7 Å². The number of benzene rings is 1. The highest BCUT2D eigenvalue weighted by Crippen LogP contribution is 2.39. The second-order valence-corrected chi connectivity index (χ2v) is 4.53. The first kappa shape index (κ1) is 14.1. The summed E-state index contributed by atoms with van der Waals surface area (Å²) in [6.45, 7) is 0. The van der Waals surface area contributed by atoms with Gasteiger partial charge in [-0.05, 0) is 28.1 Å². The van der Waals surface area contributed by atoms with Gasteiger partial charge < -0.3 is 4.74 Å². The molecule has 19 heavy (non-hydrogen) atoms. The predicted octanol–water partition coefficient (Wildman–Crippen LogP) is 4.70. The van der Waals surface area contributed by atoms with Crippen LogP contribution in [0.2, 0.25) is 5.15 Å². The molecule has 0 unspecified atom stereocenters. The zero-order valence-electron chi connectivity index (χ0n) is 9.08. The van der Waals surface area contributed by atoms with E-state index in [0.717, 1.165) is 12.4 Å². The summed E-state index contributed by atoms with van der Waals surface area (Å²) in [5, 5.41) is 0.0505. The molecule has 0 radical (unpaired) electrons. The number of hydrogen-bond acceptors (Lipinski definition) is 3. The summed E-state index contributed by atoms with van der Waals surface area (Å²) in [6.07, 6.45) is -3.42.